The predicted octanol–water partition coefficient (Wildman–Crippen LogP) is 3.15. The van der Waals surface area contributed by atoms with E-state index in [1.807, 2.05) is 6.07 Å². The first kappa shape index (κ1) is 24.3. The molecule has 0 aromatic heterocycles. The Hall–Kier alpha value is -3.79. The predicted molar refractivity (Wildman–Crippen MR) is 137 cm³/mol. The third kappa shape index (κ3) is 4.61. The van der Waals surface area contributed by atoms with Crippen LogP contribution in [0.15, 0.2) is 35.9 Å². The Balaban J connectivity index is 1.77. The molecule has 35 heavy (non-hydrogen) atoms. The van der Waals surface area contributed by atoms with Gasteiger partial charge in [-0.1, -0.05) is 0 Å². The van der Waals surface area contributed by atoms with E-state index in [1.165, 1.54) is 25.2 Å². The monoisotopic (exact) mass is 497 g/mol. The molecule has 184 valence electrons. The average Bonchev–Trinajstić information content (AvgIpc) is 3.41. The second kappa shape index (κ2) is 10.2. The van der Waals surface area contributed by atoms with Gasteiger partial charge in [0.05, 0.1) is 39.8 Å². The van der Waals surface area contributed by atoms with Crippen LogP contribution < -0.4 is 34.1 Å². The lowest BCUT2D eigenvalue weighted by Gasteiger charge is -2.30. The molecule has 0 unspecified atom stereocenters. The van der Waals surface area contributed by atoms with Gasteiger partial charge in [0.25, 0.3) is 11.8 Å². The molecule has 2 saturated heterocycles. The third-order valence-corrected chi connectivity index (χ3v) is 6.29. The number of amides is 2. The maximum Gasteiger partial charge on any atom is 0.270 e. The zero-order valence-corrected chi connectivity index (χ0v) is 20.9. The minimum atomic E-state index is -0.603. The van der Waals surface area contributed by atoms with Crippen LogP contribution in [0.3, 0.4) is 0 Å². The van der Waals surface area contributed by atoms with Gasteiger partial charge in [-0.2, -0.15) is 0 Å². The number of carbonyl (C=O) groups excluding carboxylic acids is 2. The summed E-state index contributed by atoms with van der Waals surface area (Å²) in [5, 5.41) is 2.55. The van der Waals surface area contributed by atoms with Gasteiger partial charge in [-0.3, -0.25) is 14.9 Å². The molecule has 1 N–H and O–H groups in total. The summed E-state index contributed by atoms with van der Waals surface area (Å²) in [6.07, 6.45) is 3.70. The lowest BCUT2D eigenvalue weighted by atomic mass is 10.0. The van der Waals surface area contributed by atoms with Gasteiger partial charge in [-0.25, -0.2) is 4.90 Å². The number of nitrogens with zero attached hydrogens (tertiary/aromatic N) is 2. The maximum atomic E-state index is 13.5. The molecule has 0 atom stereocenters. The first-order valence-electron chi connectivity index (χ1n) is 11.1. The van der Waals surface area contributed by atoms with Crippen LogP contribution in [0, 0.1) is 0 Å². The summed E-state index contributed by atoms with van der Waals surface area (Å²) in [7, 11) is 6.14. The van der Waals surface area contributed by atoms with E-state index in [0.29, 0.717) is 34.2 Å². The summed E-state index contributed by atoms with van der Waals surface area (Å²) in [5.41, 5.74) is 1.71. The van der Waals surface area contributed by atoms with Crippen LogP contribution in [0.25, 0.3) is 6.08 Å². The topological polar surface area (TPSA) is 89.6 Å². The van der Waals surface area contributed by atoms with Crippen LogP contribution >= 0.6 is 12.2 Å². The van der Waals surface area contributed by atoms with Crippen molar-refractivity contribution in [2.45, 2.75) is 12.8 Å². The third-order valence-electron chi connectivity index (χ3n) is 6.01. The Morgan fingerprint density at radius 1 is 0.857 bits per heavy atom. The summed E-state index contributed by atoms with van der Waals surface area (Å²) in [6, 6.07) is 8.60. The van der Waals surface area contributed by atoms with E-state index in [9.17, 15) is 9.59 Å². The van der Waals surface area contributed by atoms with E-state index >= 15 is 0 Å². The number of methoxy groups -OCH3 is 4. The van der Waals surface area contributed by atoms with Gasteiger partial charge in [-0.15, -0.1) is 0 Å². The average molecular weight is 498 g/mol. The molecule has 2 fully saturated rings. The standard InChI is InChI=1S/C25H27N3O6S/c1-31-16-7-8-18(22(13-16)34-4)28-24(30)17(23(29)26-25(28)35)11-15-12-21(33-3)19(14-20(15)32-2)27-9-5-6-10-27/h7-8,11-14H,5-6,9-10H2,1-4H3,(H,26,29,35)/b17-11+. The van der Waals surface area contributed by atoms with Crippen molar-refractivity contribution < 1.29 is 28.5 Å². The number of ether oxygens (including phenoxy) is 4. The molecule has 4 rings (SSSR count). The molecule has 2 amide bonds. The number of hydrogen-bond donors (Lipinski definition) is 1. The van der Waals surface area contributed by atoms with Gasteiger partial charge >= 0.3 is 0 Å². The highest BCUT2D eigenvalue weighted by molar-refractivity contribution is 7.80. The molecule has 2 aliphatic heterocycles. The normalized spacial score (nSPS) is 17.0. The summed E-state index contributed by atoms with van der Waals surface area (Å²) >= 11 is 5.33. The van der Waals surface area contributed by atoms with Crippen LogP contribution in [0.2, 0.25) is 0 Å². The van der Waals surface area contributed by atoms with Gasteiger partial charge in [0, 0.05) is 30.8 Å². The number of benzene rings is 2. The zero-order valence-electron chi connectivity index (χ0n) is 20.0. The number of nitrogens with one attached hydrogen (secondary N) is 1. The lowest BCUT2D eigenvalue weighted by molar-refractivity contribution is -0.122. The molecule has 0 bridgehead atoms. The van der Waals surface area contributed by atoms with Crippen LogP contribution in [0.5, 0.6) is 23.0 Å². The van der Waals surface area contributed by atoms with Crippen LogP contribution in [-0.2, 0) is 9.59 Å². The van der Waals surface area contributed by atoms with Crippen molar-refractivity contribution in [3.63, 3.8) is 0 Å². The van der Waals surface area contributed by atoms with Gasteiger partial charge < -0.3 is 23.8 Å². The summed E-state index contributed by atoms with van der Waals surface area (Å²) < 4.78 is 21.9. The molecule has 2 aliphatic rings. The van der Waals surface area contributed by atoms with Crippen LogP contribution in [0.4, 0.5) is 11.4 Å². The smallest absolute Gasteiger partial charge is 0.270 e. The van der Waals surface area contributed by atoms with Crippen molar-refractivity contribution in [1.29, 1.82) is 0 Å². The molecule has 2 aromatic carbocycles. The fourth-order valence-corrected chi connectivity index (χ4v) is 4.50. The van der Waals surface area contributed by atoms with Crippen LogP contribution in [0.1, 0.15) is 18.4 Å². The Morgan fingerprint density at radius 2 is 1.51 bits per heavy atom. The highest BCUT2D eigenvalue weighted by Crippen LogP contribution is 2.39. The fraction of sp³-hybridized carbons (Fsp3) is 0.320. The van der Waals surface area contributed by atoms with Gasteiger partial charge in [0.2, 0.25) is 0 Å². The fourth-order valence-electron chi connectivity index (χ4n) is 4.22. The van der Waals surface area contributed by atoms with Crippen molar-refractivity contribution in [3.8, 4) is 23.0 Å². The molecule has 2 heterocycles. The summed E-state index contributed by atoms with van der Waals surface area (Å²) in [4.78, 5) is 29.8. The molecule has 9 nitrogen and oxygen atoms in total. The van der Waals surface area contributed by atoms with Gasteiger partial charge in [0.15, 0.2) is 5.11 Å². The Kier molecular flexibility index (Phi) is 7.11. The first-order valence-corrected chi connectivity index (χ1v) is 11.5. The van der Waals surface area contributed by atoms with E-state index in [0.717, 1.165) is 31.6 Å². The molecule has 10 heteroatoms. The second-order valence-electron chi connectivity index (χ2n) is 7.96. The number of anilines is 2. The molecular weight excluding hydrogens is 470 g/mol. The zero-order chi connectivity index (χ0) is 25.1. The molecule has 0 aliphatic carbocycles. The Bertz CT molecular complexity index is 1210. The minimum absolute atomic E-state index is 0.0467. The van der Waals surface area contributed by atoms with Crippen molar-refractivity contribution in [2.24, 2.45) is 0 Å². The largest absolute Gasteiger partial charge is 0.497 e. The summed E-state index contributed by atoms with van der Waals surface area (Å²) in [5.74, 6) is 0.871. The Labute approximate surface area is 209 Å². The quantitative estimate of drug-likeness (QED) is 0.355. The van der Waals surface area contributed by atoms with Crippen molar-refractivity contribution in [3.05, 3.63) is 41.5 Å². The summed E-state index contributed by atoms with van der Waals surface area (Å²) in [6.45, 7) is 1.86. The van der Waals surface area contributed by atoms with E-state index < -0.39 is 11.8 Å². The SMILES string of the molecule is COc1ccc(N2C(=O)/C(=C/c3cc(OC)c(N4CCCC4)cc3OC)C(=O)NC2=S)c(OC)c1. The molecule has 0 saturated carbocycles. The second-order valence-corrected chi connectivity index (χ2v) is 8.34. The molecule has 2 aromatic rings. The molecule has 0 radical (unpaired) electrons. The van der Waals surface area contributed by atoms with Crippen molar-refractivity contribution in [1.82, 2.24) is 5.32 Å². The number of thiocarbonyl (C=S) groups is 1. The highest BCUT2D eigenvalue weighted by Gasteiger charge is 2.36. The van der Waals surface area contributed by atoms with Crippen molar-refractivity contribution in [2.75, 3.05) is 51.3 Å². The van der Waals surface area contributed by atoms with Gasteiger partial charge in [0.1, 0.15) is 28.6 Å². The first-order chi connectivity index (χ1) is 16.9. The van der Waals surface area contributed by atoms with E-state index in [4.69, 9.17) is 31.2 Å². The number of carbonyl (C=O) groups is 2. The van der Waals surface area contributed by atoms with Crippen molar-refractivity contribution >= 4 is 46.6 Å². The highest BCUT2D eigenvalue weighted by atomic mass is 32.1. The number of hydrogen-bond acceptors (Lipinski definition) is 8. The van der Waals surface area contributed by atoms with Crippen LogP contribution in [-0.4, -0.2) is 58.5 Å². The molecular formula is C25H27N3O6S. The van der Waals surface area contributed by atoms with E-state index in [-0.39, 0.29) is 10.7 Å². The van der Waals surface area contributed by atoms with E-state index in [2.05, 4.69) is 10.2 Å². The molecule has 0 spiro atoms. The number of rotatable bonds is 7. The maximum absolute atomic E-state index is 13.5. The van der Waals surface area contributed by atoms with Gasteiger partial charge in [-0.05, 0) is 49.3 Å². The van der Waals surface area contributed by atoms with E-state index in [1.54, 1.807) is 38.5 Å². The Morgan fingerprint density at radius 3 is 2.14 bits per heavy atom. The lowest BCUT2D eigenvalue weighted by Crippen LogP contribution is -2.54. The minimum Gasteiger partial charge on any atom is -0.497 e.